The monoisotopic (exact) mass is 811 g/mol. The van der Waals surface area contributed by atoms with E-state index in [1.165, 1.54) is 0 Å². The first kappa shape index (κ1) is 41.3. The molecular weight excluding hydrogens is 762 g/mol. The van der Waals surface area contributed by atoms with E-state index >= 15 is 0 Å². The number of fused-ring (bicyclic) bond motifs is 6. The summed E-state index contributed by atoms with van der Waals surface area (Å²) in [4.78, 5) is 35.1. The van der Waals surface area contributed by atoms with E-state index in [1.807, 2.05) is 6.07 Å². The minimum atomic E-state index is -1.50. The molecule has 0 radical (unpaired) electrons. The predicted octanol–water partition coefficient (Wildman–Crippen LogP) is 3.05. The number of aliphatic hydroxyl groups is 2. The van der Waals surface area contributed by atoms with Crippen molar-refractivity contribution < 1.29 is 77.7 Å². The molecule has 0 bridgehead atoms. The number of carboxylic acids is 1. The van der Waals surface area contributed by atoms with Crippen molar-refractivity contribution in [1.29, 1.82) is 0 Å². The van der Waals surface area contributed by atoms with Gasteiger partial charge in [0.1, 0.15) is 54.7 Å². The van der Waals surface area contributed by atoms with E-state index in [9.17, 15) is 24.9 Å². The molecule has 6 N–H and O–H groups in total. The van der Waals surface area contributed by atoms with Crippen molar-refractivity contribution in [2.24, 2.45) is 11.7 Å². The minimum absolute atomic E-state index is 0.000431. The number of ether oxygens (including phenoxy) is 8. The molecule has 0 aromatic heterocycles. The first-order valence-electron chi connectivity index (χ1n) is 19.3. The summed E-state index contributed by atoms with van der Waals surface area (Å²) < 4.78 is 48.0. The number of carbonyl (C=O) groups excluding carboxylic acids is 1. The molecule has 314 valence electrons. The van der Waals surface area contributed by atoms with Crippen LogP contribution in [0.25, 0.3) is 0 Å². The summed E-state index contributed by atoms with van der Waals surface area (Å²) in [5.74, 6) is 0.800. The highest BCUT2D eigenvalue weighted by atomic mass is 17.2. The highest BCUT2D eigenvalue weighted by Gasteiger charge is 2.50. The zero-order chi connectivity index (χ0) is 40.9. The first-order chi connectivity index (χ1) is 28.0. The second kappa shape index (κ2) is 18.4. The van der Waals surface area contributed by atoms with Crippen LogP contribution in [-0.4, -0.2) is 109 Å². The van der Waals surface area contributed by atoms with Crippen molar-refractivity contribution in [1.82, 2.24) is 0 Å². The Morgan fingerprint density at radius 1 is 0.966 bits per heavy atom. The molecular formula is C41H49NO16. The number of benzene rings is 3. The number of nitrogens with two attached hydrogens (primary N) is 1. The van der Waals surface area contributed by atoms with Gasteiger partial charge in [-0.25, -0.2) is 0 Å². The van der Waals surface area contributed by atoms with E-state index < -0.39 is 61.8 Å². The van der Waals surface area contributed by atoms with Gasteiger partial charge in [-0.05, 0) is 54.7 Å². The van der Waals surface area contributed by atoms with E-state index in [2.05, 4.69) is 13.8 Å². The molecule has 1 fully saturated rings. The Balaban J connectivity index is 1.19. The van der Waals surface area contributed by atoms with Crippen LogP contribution in [0.1, 0.15) is 66.5 Å². The highest BCUT2D eigenvalue weighted by molar-refractivity contribution is 5.90. The number of hydrogen-bond acceptors (Lipinski definition) is 16. The lowest BCUT2D eigenvalue weighted by molar-refractivity contribution is -0.375. The highest BCUT2D eigenvalue weighted by Crippen LogP contribution is 2.58. The molecule has 0 amide bonds. The topological polar surface area (TPSA) is 233 Å². The third kappa shape index (κ3) is 9.05. The van der Waals surface area contributed by atoms with Crippen LogP contribution in [-0.2, 0) is 46.3 Å². The lowest BCUT2D eigenvalue weighted by Gasteiger charge is -2.42. The second-order valence-electron chi connectivity index (χ2n) is 14.9. The molecule has 0 unspecified atom stereocenters. The largest absolute Gasteiger partial charge is 0.508 e. The van der Waals surface area contributed by atoms with Crippen LogP contribution in [0.4, 0.5) is 0 Å². The summed E-state index contributed by atoms with van der Waals surface area (Å²) in [6, 6.07) is 12.3. The van der Waals surface area contributed by atoms with Crippen molar-refractivity contribution in [3.63, 3.8) is 0 Å². The summed E-state index contributed by atoms with van der Waals surface area (Å²) in [5.41, 5.74) is 9.94. The molecule has 3 aromatic carbocycles. The maximum absolute atomic E-state index is 12.1. The molecule has 0 spiro atoms. The zero-order valence-corrected chi connectivity index (χ0v) is 32.2. The Kier molecular flexibility index (Phi) is 13.1. The third-order valence-corrected chi connectivity index (χ3v) is 10.2. The van der Waals surface area contributed by atoms with E-state index in [1.54, 1.807) is 36.4 Å². The van der Waals surface area contributed by atoms with Gasteiger partial charge >= 0.3 is 11.9 Å². The number of rotatable bonds is 18. The average Bonchev–Trinajstić information content (AvgIpc) is 3.82. The van der Waals surface area contributed by atoms with Crippen LogP contribution in [0, 0.1) is 5.92 Å². The number of aliphatic hydroxyl groups excluding tert-OH is 2. The van der Waals surface area contributed by atoms with Gasteiger partial charge < -0.3 is 68.9 Å². The molecule has 1 saturated heterocycles. The van der Waals surface area contributed by atoms with Gasteiger partial charge in [0.05, 0.1) is 19.1 Å². The smallest absolute Gasteiger partial charge is 0.317 e. The van der Waals surface area contributed by atoms with Crippen molar-refractivity contribution >= 4 is 11.9 Å². The number of phenols is 1. The predicted molar refractivity (Wildman–Crippen MR) is 200 cm³/mol. The van der Waals surface area contributed by atoms with Crippen LogP contribution in [0.3, 0.4) is 0 Å². The third-order valence-electron chi connectivity index (χ3n) is 10.2. The van der Waals surface area contributed by atoms with Crippen LogP contribution in [0.15, 0.2) is 42.5 Å². The van der Waals surface area contributed by atoms with Crippen molar-refractivity contribution in [3.8, 4) is 34.5 Å². The number of carboxylic acid groups (broad SMARTS) is 1. The molecule has 7 rings (SSSR count). The van der Waals surface area contributed by atoms with Crippen molar-refractivity contribution in [2.75, 3.05) is 46.4 Å². The van der Waals surface area contributed by atoms with Gasteiger partial charge in [0.2, 0.25) is 6.79 Å². The Bertz CT molecular complexity index is 1920. The summed E-state index contributed by atoms with van der Waals surface area (Å²) in [6.45, 7) is 4.14. The number of aromatic hydroxyl groups is 1. The molecule has 17 nitrogen and oxygen atoms in total. The van der Waals surface area contributed by atoms with Gasteiger partial charge in [0.15, 0.2) is 29.6 Å². The lowest BCUT2D eigenvalue weighted by Crippen LogP contribution is -2.61. The van der Waals surface area contributed by atoms with Gasteiger partial charge in [-0.1, -0.05) is 26.0 Å². The molecule has 4 aliphatic rings. The maximum Gasteiger partial charge on any atom is 0.317 e. The van der Waals surface area contributed by atoms with Gasteiger partial charge in [0.25, 0.3) is 0 Å². The molecule has 0 aliphatic carbocycles. The van der Waals surface area contributed by atoms with Crippen LogP contribution in [0.2, 0.25) is 0 Å². The van der Waals surface area contributed by atoms with Gasteiger partial charge in [-0.3, -0.25) is 9.59 Å². The molecule has 4 aliphatic heterocycles. The minimum Gasteiger partial charge on any atom is -0.508 e. The van der Waals surface area contributed by atoms with Crippen molar-refractivity contribution in [3.05, 3.63) is 70.3 Å². The quantitative estimate of drug-likeness (QED) is 0.0408. The average molecular weight is 812 g/mol. The standard InChI is InChI=1S/C41H49NO16/c1-21(2)12-27-36-26(16-30-38(27)54-20-53-30)29-18-52-35-23(13-22-4-6-24(44)7-5-22)14-25(15-28(35)37(29)56-36)57-58-40-34(48)39(49-10-3-9-43)31(55-41(40)50-11-8-42)19-51-33(47)17-32(45)46/h4-7,14-16,21,29,31,34,37,39-41,43-44,48H,3,8-13,17-20,42H2,1-2H3,(H,45,46)/t29-,31-,34+,37-,39-,40-,41-/m1/s1. The fourth-order valence-corrected chi connectivity index (χ4v) is 7.61. The van der Waals surface area contributed by atoms with Crippen LogP contribution < -0.4 is 29.6 Å². The zero-order valence-electron chi connectivity index (χ0n) is 32.2. The fourth-order valence-electron chi connectivity index (χ4n) is 7.61. The molecule has 7 atom stereocenters. The van der Waals surface area contributed by atoms with E-state index in [-0.39, 0.29) is 57.0 Å². The Morgan fingerprint density at radius 2 is 1.78 bits per heavy atom. The normalized spacial score (nSPS) is 24.0. The number of esters is 1. The van der Waals surface area contributed by atoms with Crippen LogP contribution in [0.5, 0.6) is 34.5 Å². The Hall–Kier alpha value is -4.88. The van der Waals surface area contributed by atoms with Gasteiger partial charge in [-0.15, -0.1) is 0 Å². The number of aliphatic carboxylic acids is 1. The molecule has 4 heterocycles. The van der Waals surface area contributed by atoms with E-state index in [0.717, 1.165) is 28.0 Å². The SMILES string of the molecule is CC(C)Cc1c2c(cc3c1O[C@@H]1c4cc(OO[C@H]5[C@H](OCCN)O[C@H](COC(=O)CC(=O)O)[C@@H](OCCCO)[C@@H]5O)cc(Cc5ccc(O)cc5)c4OC[C@H]31)OCO2. The van der Waals surface area contributed by atoms with Crippen molar-refractivity contribution in [2.45, 2.75) is 82.3 Å². The number of phenolic OH excluding ortho intramolecular Hbond substituents is 1. The lowest BCUT2D eigenvalue weighted by atomic mass is 9.86. The number of hydrogen-bond donors (Lipinski definition) is 5. The summed E-state index contributed by atoms with van der Waals surface area (Å²) in [7, 11) is 0. The molecule has 17 heteroatoms. The fraction of sp³-hybridized carbons (Fsp3) is 0.512. The Morgan fingerprint density at radius 3 is 2.52 bits per heavy atom. The molecule has 0 saturated carbocycles. The maximum atomic E-state index is 12.1. The first-order valence-corrected chi connectivity index (χ1v) is 19.3. The van der Waals surface area contributed by atoms with Gasteiger partial charge in [-0.2, -0.15) is 4.89 Å². The van der Waals surface area contributed by atoms with Gasteiger partial charge in [0, 0.05) is 48.4 Å². The van der Waals surface area contributed by atoms with Crippen LogP contribution >= 0.6 is 0 Å². The summed E-state index contributed by atoms with van der Waals surface area (Å²) in [6.07, 6.45) is -6.49. The molecule has 58 heavy (non-hydrogen) atoms. The molecule has 3 aromatic rings. The second-order valence-corrected chi connectivity index (χ2v) is 14.9. The number of carbonyl (C=O) groups is 2. The Labute approximate surface area is 334 Å². The summed E-state index contributed by atoms with van der Waals surface area (Å²) >= 11 is 0. The van der Waals surface area contributed by atoms with E-state index in [0.29, 0.717) is 48.2 Å². The van der Waals surface area contributed by atoms with E-state index in [4.69, 9.17) is 58.5 Å². The summed E-state index contributed by atoms with van der Waals surface area (Å²) in [5, 5.41) is 40.0.